The SMILES string of the molecule is CCCn1c(=O)c(CN2CCN(c3ccccc3OCC)CC2)cc2ccc(C)cc21. The van der Waals surface area contributed by atoms with Crippen molar-refractivity contribution in [2.75, 3.05) is 37.7 Å². The Hall–Kier alpha value is -2.79. The number of benzene rings is 2. The molecule has 164 valence electrons. The molecule has 4 rings (SSSR count). The largest absolute Gasteiger partial charge is 0.492 e. The number of aromatic nitrogens is 1. The minimum Gasteiger partial charge on any atom is -0.492 e. The molecule has 0 atom stereocenters. The Bertz CT molecular complexity index is 1100. The number of aryl methyl sites for hydroxylation is 2. The lowest BCUT2D eigenvalue weighted by Crippen LogP contribution is -2.46. The molecule has 1 aromatic heterocycles. The second kappa shape index (κ2) is 9.56. The fraction of sp³-hybridized carbons (Fsp3) is 0.423. The zero-order valence-corrected chi connectivity index (χ0v) is 18.9. The third kappa shape index (κ3) is 4.62. The van der Waals surface area contributed by atoms with Crippen molar-refractivity contribution < 1.29 is 4.74 Å². The summed E-state index contributed by atoms with van der Waals surface area (Å²) in [6, 6.07) is 16.8. The molecule has 1 aliphatic rings. The molecule has 1 aliphatic heterocycles. The van der Waals surface area contributed by atoms with Gasteiger partial charge in [-0.15, -0.1) is 0 Å². The molecule has 2 aromatic carbocycles. The van der Waals surface area contributed by atoms with Gasteiger partial charge in [0.15, 0.2) is 0 Å². The van der Waals surface area contributed by atoms with Crippen LogP contribution in [-0.2, 0) is 13.1 Å². The van der Waals surface area contributed by atoms with Crippen LogP contribution in [0.3, 0.4) is 0 Å². The maximum absolute atomic E-state index is 13.3. The average molecular weight is 420 g/mol. The first-order chi connectivity index (χ1) is 15.1. The van der Waals surface area contributed by atoms with Gasteiger partial charge in [0.05, 0.1) is 17.8 Å². The molecule has 1 saturated heterocycles. The second-order valence-electron chi connectivity index (χ2n) is 8.35. The van der Waals surface area contributed by atoms with Crippen molar-refractivity contribution in [3.05, 3.63) is 70.0 Å². The molecule has 1 fully saturated rings. The minimum atomic E-state index is 0.157. The summed E-state index contributed by atoms with van der Waals surface area (Å²) in [5.74, 6) is 0.950. The van der Waals surface area contributed by atoms with E-state index in [1.807, 2.05) is 23.6 Å². The third-order valence-electron chi connectivity index (χ3n) is 6.05. The molecule has 0 amide bonds. The standard InChI is InChI=1S/C26H33N3O2/c1-4-12-29-24-17-20(3)10-11-21(24)18-22(26(29)30)19-27-13-15-28(16-14-27)23-8-6-7-9-25(23)31-5-2/h6-11,17-18H,4-5,12-16,19H2,1-3H3. The monoisotopic (exact) mass is 419 g/mol. The number of piperazine rings is 1. The van der Waals surface area contributed by atoms with E-state index in [-0.39, 0.29) is 5.56 Å². The Labute approximate surface area is 184 Å². The molecule has 5 heteroatoms. The Kier molecular flexibility index (Phi) is 6.62. The van der Waals surface area contributed by atoms with Crippen LogP contribution in [0.1, 0.15) is 31.4 Å². The smallest absolute Gasteiger partial charge is 0.255 e. The number of nitrogens with zero attached hydrogens (tertiary/aromatic N) is 3. The maximum Gasteiger partial charge on any atom is 0.255 e. The number of hydrogen-bond donors (Lipinski definition) is 0. The van der Waals surface area contributed by atoms with Gasteiger partial charge in [0.2, 0.25) is 0 Å². The number of rotatable bonds is 7. The van der Waals surface area contributed by atoms with E-state index in [2.05, 4.69) is 60.0 Å². The average Bonchev–Trinajstić information content (AvgIpc) is 2.78. The number of hydrogen-bond acceptors (Lipinski definition) is 4. The van der Waals surface area contributed by atoms with E-state index in [4.69, 9.17) is 4.74 Å². The first-order valence-corrected chi connectivity index (χ1v) is 11.4. The third-order valence-corrected chi connectivity index (χ3v) is 6.05. The van der Waals surface area contributed by atoms with E-state index in [1.54, 1.807) is 0 Å². The number of anilines is 1. The van der Waals surface area contributed by atoms with Crippen LogP contribution >= 0.6 is 0 Å². The summed E-state index contributed by atoms with van der Waals surface area (Å²) in [5, 5.41) is 1.15. The molecule has 31 heavy (non-hydrogen) atoms. The van der Waals surface area contributed by atoms with E-state index < -0.39 is 0 Å². The van der Waals surface area contributed by atoms with Gasteiger partial charge in [-0.2, -0.15) is 0 Å². The highest BCUT2D eigenvalue weighted by Gasteiger charge is 2.21. The summed E-state index contributed by atoms with van der Waals surface area (Å²) in [6.45, 7) is 12.1. The molecular weight excluding hydrogens is 386 g/mol. The number of para-hydroxylation sites is 2. The van der Waals surface area contributed by atoms with Crippen molar-refractivity contribution in [3.8, 4) is 5.75 Å². The van der Waals surface area contributed by atoms with Crippen molar-refractivity contribution in [3.63, 3.8) is 0 Å². The van der Waals surface area contributed by atoms with Gasteiger partial charge >= 0.3 is 0 Å². The molecule has 0 saturated carbocycles. The van der Waals surface area contributed by atoms with E-state index in [0.717, 1.165) is 67.0 Å². The van der Waals surface area contributed by atoms with E-state index in [9.17, 15) is 4.79 Å². The van der Waals surface area contributed by atoms with Crippen molar-refractivity contribution in [2.24, 2.45) is 0 Å². The van der Waals surface area contributed by atoms with E-state index in [0.29, 0.717) is 13.2 Å². The molecule has 0 N–H and O–H groups in total. The van der Waals surface area contributed by atoms with Gasteiger partial charge in [-0.1, -0.05) is 31.2 Å². The van der Waals surface area contributed by atoms with Crippen LogP contribution in [0.5, 0.6) is 5.75 Å². The second-order valence-corrected chi connectivity index (χ2v) is 8.35. The first-order valence-electron chi connectivity index (χ1n) is 11.4. The van der Waals surface area contributed by atoms with Gasteiger partial charge in [0.1, 0.15) is 5.75 Å². The predicted molar refractivity (Wildman–Crippen MR) is 128 cm³/mol. The molecule has 5 nitrogen and oxygen atoms in total. The lowest BCUT2D eigenvalue weighted by atomic mass is 10.1. The van der Waals surface area contributed by atoms with Crippen molar-refractivity contribution in [2.45, 2.75) is 40.3 Å². The number of fused-ring (bicyclic) bond motifs is 1. The lowest BCUT2D eigenvalue weighted by Gasteiger charge is -2.36. The molecule has 0 radical (unpaired) electrons. The fourth-order valence-electron chi connectivity index (χ4n) is 4.48. The summed E-state index contributed by atoms with van der Waals surface area (Å²) < 4.78 is 7.78. The van der Waals surface area contributed by atoms with Gasteiger partial charge < -0.3 is 14.2 Å². The van der Waals surface area contributed by atoms with E-state index in [1.165, 1.54) is 5.56 Å². The van der Waals surface area contributed by atoms with Crippen molar-refractivity contribution >= 4 is 16.6 Å². The molecular formula is C26H33N3O2. The van der Waals surface area contributed by atoms with Gasteiger partial charge in [0.25, 0.3) is 5.56 Å². The number of ether oxygens (including phenoxy) is 1. The molecule has 3 aromatic rings. The maximum atomic E-state index is 13.3. The highest BCUT2D eigenvalue weighted by atomic mass is 16.5. The molecule has 2 heterocycles. The van der Waals surface area contributed by atoms with E-state index >= 15 is 0 Å². The predicted octanol–water partition coefficient (Wildman–Crippen LogP) is 4.44. The number of pyridine rings is 1. The summed E-state index contributed by atoms with van der Waals surface area (Å²) in [6.07, 6.45) is 0.949. The Morgan fingerprint density at radius 2 is 1.74 bits per heavy atom. The Morgan fingerprint density at radius 1 is 0.968 bits per heavy atom. The summed E-state index contributed by atoms with van der Waals surface area (Å²) in [5.41, 5.74) is 4.45. The van der Waals surface area contributed by atoms with Crippen molar-refractivity contribution in [1.29, 1.82) is 0 Å². The van der Waals surface area contributed by atoms with Crippen LogP contribution in [0.15, 0.2) is 53.3 Å². The molecule has 0 spiro atoms. The Morgan fingerprint density at radius 3 is 2.48 bits per heavy atom. The van der Waals surface area contributed by atoms with Crippen molar-refractivity contribution in [1.82, 2.24) is 9.47 Å². The highest BCUT2D eigenvalue weighted by molar-refractivity contribution is 5.80. The summed E-state index contributed by atoms with van der Waals surface area (Å²) >= 11 is 0. The normalized spacial score (nSPS) is 14.9. The van der Waals surface area contributed by atoms with Crippen LogP contribution in [-0.4, -0.2) is 42.3 Å². The summed E-state index contributed by atoms with van der Waals surface area (Å²) in [4.78, 5) is 18.1. The fourth-order valence-corrected chi connectivity index (χ4v) is 4.48. The first kappa shape index (κ1) is 21.4. The Balaban J connectivity index is 1.52. The minimum absolute atomic E-state index is 0.157. The lowest BCUT2D eigenvalue weighted by molar-refractivity contribution is 0.247. The molecule has 0 aliphatic carbocycles. The molecule has 0 bridgehead atoms. The molecule has 0 unspecified atom stereocenters. The zero-order chi connectivity index (χ0) is 21.8. The zero-order valence-electron chi connectivity index (χ0n) is 18.9. The van der Waals surface area contributed by atoms with Gasteiger partial charge in [-0.3, -0.25) is 9.69 Å². The topological polar surface area (TPSA) is 37.7 Å². The quantitative estimate of drug-likeness (QED) is 0.567. The van der Waals surface area contributed by atoms with Crippen LogP contribution < -0.4 is 15.2 Å². The summed E-state index contributed by atoms with van der Waals surface area (Å²) in [7, 11) is 0. The highest BCUT2D eigenvalue weighted by Crippen LogP contribution is 2.29. The van der Waals surface area contributed by atoms with Gasteiger partial charge in [0, 0.05) is 44.8 Å². The van der Waals surface area contributed by atoms with Crippen LogP contribution in [0.25, 0.3) is 10.9 Å². The van der Waals surface area contributed by atoms with Crippen LogP contribution in [0, 0.1) is 6.92 Å². The van der Waals surface area contributed by atoms with Crippen LogP contribution in [0.2, 0.25) is 0 Å². The van der Waals surface area contributed by atoms with Crippen LogP contribution in [0.4, 0.5) is 5.69 Å². The van der Waals surface area contributed by atoms with Gasteiger partial charge in [-0.25, -0.2) is 0 Å². The van der Waals surface area contributed by atoms with Gasteiger partial charge in [-0.05, 0) is 55.5 Å².